The summed E-state index contributed by atoms with van der Waals surface area (Å²) in [5.41, 5.74) is 0.871. The van der Waals surface area contributed by atoms with E-state index in [1.165, 1.54) is 11.8 Å². The number of hydrogen-bond donors (Lipinski definition) is 2. The van der Waals surface area contributed by atoms with Crippen LogP contribution in [0.3, 0.4) is 0 Å². The summed E-state index contributed by atoms with van der Waals surface area (Å²) >= 11 is 0. The number of amides is 1. The van der Waals surface area contributed by atoms with Crippen molar-refractivity contribution in [3.63, 3.8) is 0 Å². The van der Waals surface area contributed by atoms with Gasteiger partial charge in [0.15, 0.2) is 0 Å². The Morgan fingerprint density at radius 1 is 1.29 bits per heavy atom. The Bertz CT molecular complexity index is 592. The Hall–Kier alpha value is -2.09. The first-order chi connectivity index (χ1) is 11.2. The third-order valence-electron chi connectivity index (χ3n) is 4.32. The second-order valence-corrected chi connectivity index (χ2v) is 5.93. The molecule has 2 rings (SSSR count). The first kappa shape index (κ1) is 18.3. The van der Waals surface area contributed by atoms with Crippen molar-refractivity contribution in [3.8, 4) is 0 Å². The van der Waals surface area contributed by atoms with Crippen molar-refractivity contribution in [1.29, 1.82) is 0 Å². The van der Waals surface area contributed by atoms with Crippen LogP contribution in [0.2, 0.25) is 0 Å². The molecule has 1 fully saturated rings. The van der Waals surface area contributed by atoms with Gasteiger partial charge >= 0.3 is 12.1 Å². The number of aliphatic carboxylic acids is 1. The van der Waals surface area contributed by atoms with E-state index in [0.717, 1.165) is 5.56 Å². The van der Waals surface area contributed by atoms with Crippen LogP contribution < -0.4 is 5.32 Å². The summed E-state index contributed by atoms with van der Waals surface area (Å²) in [5.74, 6) is -5.42. The second kappa shape index (κ2) is 7.21. The summed E-state index contributed by atoms with van der Waals surface area (Å²) < 4.78 is 39.0. The normalized spacial score (nSPS) is 23.0. The van der Waals surface area contributed by atoms with Gasteiger partial charge in [-0.15, -0.1) is 0 Å². The number of likely N-dealkylation sites (tertiary alicyclic amines) is 1. The molecule has 1 amide bonds. The Labute approximate surface area is 137 Å². The number of carbonyl (C=O) groups is 2. The van der Waals surface area contributed by atoms with Crippen LogP contribution in [0.1, 0.15) is 12.5 Å². The minimum absolute atomic E-state index is 0.267. The topological polar surface area (TPSA) is 69.6 Å². The highest BCUT2D eigenvalue weighted by molar-refractivity contribution is 5.81. The molecule has 1 aliphatic heterocycles. The first-order valence-electron chi connectivity index (χ1n) is 7.55. The number of nitrogens with zero attached hydrogens (tertiary/aromatic N) is 1. The first-order valence-corrected chi connectivity index (χ1v) is 7.55. The van der Waals surface area contributed by atoms with E-state index >= 15 is 0 Å². The number of carboxylic acids is 1. The number of rotatable bonds is 5. The summed E-state index contributed by atoms with van der Waals surface area (Å²) in [7, 11) is 0. The molecule has 2 N–H and O–H groups in total. The Balaban J connectivity index is 1.97. The lowest BCUT2D eigenvalue weighted by Crippen LogP contribution is -2.44. The van der Waals surface area contributed by atoms with E-state index in [0.29, 0.717) is 0 Å². The Kier molecular flexibility index (Phi) is 5.48. The molecular formula is C16H19F3N2O3. The van der Waals surface area contributed by atoms with Crippen molar-refractivity contribution >= 4 is 11.9 Å². The number of hydrogen-bond acceptors (Lipinski definition) is 3. The molecule has 1 aromatic rings. The predicted molar refractivity (Wildman–Crippen MR) is 80.0 cm³/mol. The van der Waals surface area contributed by atoms with Gasteiger partial charge in [-0.2, -0.15) is 13.2 Å². The quantitative estimate of drug-likeness (QED) is 0.856. The average molecular weight is 344 g/mol. The highest BCUT2D eigenvalue weighted by Crippen LogP contribution is 2.38. The monoisotopic (exact) mass is 344 g/mol. The van der Waals surface area contributed by atoms with Crippen LogP contribution in [0.5, 0.6) is 0 Å². The average Bonchev–Trinajstić information content (AvgIpc) is 2.98. The molecule has 0 saturated carbocycles. The Morgan fingerprint density at radius 3 is 2.42 bits per heavy atom. The zero-order valence-corrected chi connectivity index (χ0v) is 13.1. The molecule has 5 nitrogen and oxygen atoms in total. The maximum Gasteiger partial charge on any atom is 0.393 e. The molecule has 132 valence electrons. The molecule has 1 unspecified atom stereocenters. The Morgan fingerprint density at radius 2 is 1.92 bits per heavy atom. The summed E-state index contributed by atoms with van der Waals surface area (Å²) in [6.07, 6.45) is -4.60. The van der Waals surface area contributed by atoms with Gasteiger partial charge in [0.05, 0.1) is 17.9 Å². The van der Waals surface area contributed by atoms with Gasteiger partial charge in [0, 0.05) is 19.6 Å². The van der Waals surface area contributed by atoms with Gasteiger partial charge in [0.2, 0.25) is 5.91 Å². The maximum atomic E-state index is 13.0. The van der Waals surface area contributed by atoms with Gasteiger partial charge in [-0.3, -0.25) is 14.5 Å². The fraction of sp³-hybridized carbons (Fsp3) is 0.500. The minimum Gasteiger partial charge on any atom is -0.481 e. The SMILES string of the molecule is CC(C(=O)NCc1ccccc1)N1C[C@@H](C(F)(F)F)[C@H](C(=O)O)C1. The van der Waals surface area contributed by atoms with E-state index in [1.807, 2.05) is 30.3 Å². The lowest BCUT2D eigenvalue weighted by Gasteiger charge is -2.23. The van der Waals surface area contributed by atoms with Gasteiger partial charge in [0.1, 0.15) is 0 Å². The van der Waals surface area contributed by atoms with E-state index in [-0.39, 0.29) is 13.1 Å². The van der Waals surface area contributed by atoms with Crippen molar-refractivity contribution in [2.45, 2.75) is 25.7 Å². The van der Waals surface area contributed by atoms with Crippen LogP contribution in [0.15, 0.2) is 30.3 Å². The lowest BCUT2D eigenvalue weighted by atomic mass is 9.96. The number of carbonyl (C=O) groups excluding carboxylic acids is 1. The van der Waals surface area contributed by atoms with Crippen LogP contribution >= 0.6 is 0 Å². The number of carboxylic acid groups (broad SMARTS) is 1. The second-order valence-electron chi connectivity index (χ2n) is 5.93. The minimum atomic E-state index is -4.60. The van der Waals surface area contributed by atoms with Gasteiger partial charge in [-0.25, -0.2) is 0 Å². The molecule has 8 heteroatoms. The fourth-order valence-electron chi connectivity index (χ4n) is 2.83. The molecule has 0 spiro atoms. The molecule has 0 aromatic heterocycles. The fourth-order valence-corrected chi connectivity index (χ4v) is 2.83. The van der Waals surface area contributed by atoms with Gasteiger partial charge in [-0.1, -0.05) is 30.3 Å². The lowest BCUT2D eigenvalue weighted by molar-refractivity contribution is -0.188. The number of alkyl halides is 3. The third kappa shape index (κ3) is 4.25. The highest BCUT2D eigenvalue weighted by atomic mass is 19.4. The van der Waals surface area contributed by atoms with Crippen LogP contribution in [-0.2, 0) is 16.1 Å². The molecule has 1 heterocycles. The molecule has 1 saturated heterocycles. The summed E-state index contributed by atoms with van der Waals surface area (Å²) in [6, 6.07) is 8.28. The molecular weight excluding hydrogens is 325 g/mol. The van der Waals surface area contributed by atoms with Crippen molar-refractivity contribution in [2.24, 2.45) is 11.8 Å². The zero-order chi connectivity index (χ0) is 17.9. The molecule has 0 aliphatic carbocycles. The van der Waals surface area contributed by atoms with Crippen LogP contribution in [0, 0.1) is 11.8 Å². The molecule has 1 aliphatic rings. The smallest absolute Gasteiger partial charge is 0.393 e. The van der Waals surface area contributed by atoms with E-state index in [4.69, 9.17) is 5.11 Å². The molecule has 0 radical (unpaired) electrons. The maximum absolute atomic E-state index is 13.0. The van der Waals surface area contributed by atoms with Crippen molar-refractivity contribution in [2.75, 3.05) is 13.1 Å². The zero-order valence-electron chi connectivity index (χ0n) is 13.1. The molecule has 1 aromatic carbocycles. The number of benzene rings is 1. The van der Waals surface area contributed by atoms with E-state index in [1.54, 1.807) is 0 Å². The predicted octanol–water partition coefficient (Wildman–Crippen LogP) is 1.89. The number of halogens is 3. The van der Waals surface area contributed by atoms with Crippen LogP contribution in [0.25, 0.3) is 0 Å². The van der Waals surface area contributed by atoms with Crippen molar-refractivity contribution < 1.29 is 27.9 Å². The number of nitrogens with one attached hydrogen (secondary N) is 1. The van der Waals surface area contributed by atoms with E-state index in [9.17, 15) is 22.8 Å². The molecule has 24 heavy (non-hydrogen) atoms. The third-order valence-corrected chi connectivity index (χ3v) is 4.32. The summed E-state index contributed by atoms with van der Waals surface area (Å²) in [5, 5.41) is 11.7. The molecule has 3 atom stereocenters. The molecule has 0 bridgehead atoms. The highest BCUT2D eigenvalue weighted by Gasteiger charge is 2.53. The summed E-state index contributed by atoms with van der Waals surface area (Å²) in [4.78, 5) is 24.5. The van der Waals surface area contributed by atoms with Gasteiger partial charge < -0.3 is 10.4 Å². The standard InChI is InChI=1S/C16H19F3N2O3/c1-10(14(22)20-7-11-5-3-2-4-6-11)21-8-12(15(23)24)13(9-21)16(17,18)19/h2-6,10,12-13H,7-9H2,1H3,(H,20,22)(H,23,24)/t10?,12-,13-/m1/s1. The van der Waals surface area contributed by atoms with E-state index in [2.05, 4.69) is 5.32 Å². The largest absolute Gasteiger partial charge is 0.481 e. The van der Waals surface area contributed by atoms with Crippen molar-refractivity contribution in [3.05, 3.63) is 35.9 Å². The van der Waals surface area contributed by atoms with Crippen molar-refractivity contribution in [1.82, 2.24) is 10.2 Å². The van der Waals surface area contributed by atoms with E-state index < -0.39 is 42.5 Å². The van der Waals surface area contributed by atoms with Crippen LogP contribution in [-0.4, -0.2) is 47.2 Å². The summed E-state index contributed by atoms with van der Waals surface area (Å²) in [6.45, 7) is 0.973. The van der Waals surface area contributed by atoms with Crippen LogP contribution in [0.4, 0.5) is 13.2 Å². The van der Waals surface area contributed by atoms with Gasteiger partial charge in [0.25, 0.3) is 0 Å². The van der Waals surface area contributed by atoms with Gasteiger partial charge in [-0.05, 0) is 12.5 Å².